The maximum atomic E-state index is 13.0. The van der Waals surface area contributed by atoms with Crippen molar-refractivity contribution in [3.63, 3.8) is 0 Å². The topological polar surface area (TPSA) is 37.8 Å². The summed E-state index contributed by atoms with van der Waals surface area (Å²) < 4.78 is 26.1. The van der Waals surface area contributed by atoms with E-state index in [1.807, 2.05) is 7.05 Å². The Kier molecular flexibility index (Phi) is 3.94. The maximum Gasteiger partial charge on any atom is 0.132 e. The van der Waals surface area contributed by atoms with Gasteiger partial charge in [-0.25, -0.2) is 18.7 Å². The zero-order valence-electron chi connectivity index (χ0n) is 9.95. The van der Waals surface area contributed by atoms with Crippen LogP contribution in [0, 0.1) is 11.6 Å². The second kappa shape index (κ2) is 5.64. The number of aromatic nitrogens is 2. The number of benzene rings is 1. The smallest absolute Gasteiger partial charge is 0.132 e. The van der Waals surface area contributed by atoms with Gasteiger partial charge < -0.3 is 5.32 Å². The summed E-state index contributed by atoms with van der Waals surface area (Å²) in [5.74, 6) is -0.625. The molecule has 1 N–H and O–H groups in total. The normalized spacial score (nSPS) is 10.6. The molecule has 0 aliphatic heterocycles. The van der Waals surface area contributed by atoms with Gasteiger partial charge >= 0.3 is 0 Å². The molecule has 1 heterocycles. The maximum absolute atomic E-state index is 13.0. The molecule has 0 fully saturated rings. The van der Waals surface area contributed by atoms with Crippen LogP contribution in [-0.4, -0.2) is 17.0 Å². The minimum Gasteiger partial charge on any atom is -0.314 e. The Morgan fingerprint density at radius 1 is 1.17 bits per heavy atom. The van der Waals surface area contributed by atoms with Gasteiger partial charge in [-0.3, -0.25) is 0 Å². The van der Waals surface area contributed by atoms with E-state index in [1.165, 1.54) is 12.1 Å². The molecule has 0 spiro atoms. The number of rotatable bonds is 4. The molecule has 18 heavy (non-hydrogen) atoms. The summed E-state index contributed by atoms with van der Waals surface area (Å²) in [7, 11) is 1.82. The highest BCUT2D eigenvalue weighted by molar-refractivity contribution is 5.21. The van der Waals surface area contributed by atoms with Crippen molar-refractivity contribution in [1.82, 2.24) is 15.3 Å². The van der Waals surface area contributed by atoms with Gasteiger partial charge in [0.05, 0.1) is 5.69 Å². The molecule has 0 aliphatic carbocycles. The van der Waals surface area contributed by atoms with Crippen molar-refractivity contribution in [1.29, 1.82) is 0 Å². The molecule has 3 nitrogen and oxygen atoms in total. The minimum atomic E-state index is -0.587. The fourth-order valence-electron chi connectivity index (χ4n) is 1.70. The highest BCUT2D eigenvalue weighted by atomic mass is 19.1. The molecule has 0 atom stereocenters. The van der Waals surface area contributed by atoms with Crippen molar-refractivity contribution in [3.05, 3.63) is 59.2 Å². The van der Waals surface area contributed by atoms with Gasteiger partial charge in [-0.2, -0.15) is 0 Å². The van der Waals surface area contributed by atoms with E-state index in [4.69, 9.17) is 0 Å². The summed E-state index contributed by atoms with van der Waals surface area (Å²) in [4.78, 5) is 8.39. The first kappa shape index (κ1) is 12.6. The lowest BCUT2D eigenvalue weighted by Gasteiger charge is -2.04. The van der Waals surface area contributed by atoms with E-state index < -0.39 is 11.6 Å². The van der Waals surface area contributed by atoms with Crippen molar-refractivity contribution < 1.29 is 8.78 Å². The van der Waals surface area contributed by atoms with Crippen molar-refractivity contribution in [2.45, 2.75) is 13.0 Å². The van der Waals surface area contributed by atoms with E-state index in [2.05, 4.69) is 15.3 Å². The molecule has 0 aliphatic rings. The minimum absolute atomic E-state index is 0.312. The third-order valence-corrected chi connectivity index (χ3v) is 2.41. The van der Waals surface area contributed by atoms with Gasteiger partial charge in [0.25, 0.3) is 0 Å². The molecule has 0 saturated carbocycles. The molecule has 0 saturated heterocycles. The third-order valence-electron chi connectivity index (χ3n) is 2.41. The van der Waals surface area contributed by atoms with Crippen LogP contribution in [0.1, 0.15) is 17.1 Å². The molecule has 0 unspecified atom stereocenters. The van der Waals surface area contributed by atoms with Gasteiger partial charge in [-0.05, 0) is 30.8 Å². The summed E-state index contributed by atoms with van der Waals surface area (Å²) in [6, 6.07) is 5.22. The Bertz CT molecular complexity index is 523. The molecular weight excluding hydrogens is 236 g/mol. The second-order valence-electron chi connectivity index (χ2n) is 3.95. The fourth-order valence-corrected chi connectivity index (χ4v) is 1.70. The lowest BCUT2D eigenvalue weighted by atomic mass is 10.1. The Hall–Kier alpha value is -1.88. The molecule has 5 heteroatoms. The predicted molar refractivity (Wildman–Crippen MR) is 64.0 cm³/mol. The molecule has 1 aromatic heterocycles. The lowest BCUT2D eigenvalue weighted by Crippen LogP contribution is -2.09. The molecule has 1 aromatic carbocycles. The van der Waals surface area contributed by atoms with Crippen LogP contribution < -0.4 is 5.32 Å². The Labute approximate surface area is 104 Å². The SMILES string of the molecule is CNCc1ccnc(Cc2cc(F)cc(F)c2)n1. The number of hydrogen-bond donors (Lipinski definition) is 1. The highest BCUT2D eigenvalue weighted by Crippen LogP contribution is 2.11. The van der Waals surface area contributed by atoms with Crippen LogP contribution in [0.3, 0.4) is 0 Å². The van der Waals surface area contributed by atoms with Gasteiger partial charge in [-0.15, -0.1) is 0 Å². The van der Waals surface area contributed by atoms with Crippen molar-refractivity contribution in [2.24, 2.45) is 0 Å². The van der Waals surface area contributed by atoms with Crippen molar-refractivity contribution in [3.8, 4) is 0 Å². The average molecular weight is 249 g/mol. The van der Waals surface area contributed by atoms with Gasteiger partial charge in [0.2, 0.25) is 0 Å². The average Bonchev–Trinajstić information content (AvgIpc) is 2.28. The van der Waals surface area contributed by atoms with E-state index in [9.17, 15) is 8.78 Å². The number of nitrogens with one attached hydrogen (secondary N) is 1. The van der Waals surface area contributed by atoms with Gasteiger partial charge in [0, 0.05) is 25.2 Å². The molecule has 0 radical (unpaired) electrons. The van der Waals surface area contributed by atoms with Gasteiger partial charge in [0.15, 0.2) is 0 Å². The number of halogens is 2. The van der Waals surface area contributed by atoms with Crippen LogP contribution in [0.5, 0.6) is 0 Å². The molecular formula is C13H13F2N3. The fraction of sp³-hybridized carbons (Fsp3) is 0.231. The summed E-state index contributed by atoms with van der Waals surface area (Å²) in [6.07, 6.45) is 1.96. The first-order valence-electron chi connectivity index (χ1n) is 5.58. The van der Waals surface area contributed by atoms with Crippen LogP contribution in [0.4, 0.5) is 8.78 Å². The zero-order chi connectivity index (χ0) is 13.0. The Balaban J connectivity index is 2.20. The second-order valence-corrected chi connectivity index (χ2v) is 3.95. The monoisotopic (exact) mass is 249 g/mol. The summed E-state index contributed by atoms with van der Waals surface area (Å²) >= 11 is 0. The summed E-state index contributed by atoms with van der Waals surface area (Å²) in [5.41, 5.74) is 1.37. The Morgan fingerprint density at radius 2 is 1.89 bits per heavy atom. The van der Waals surface area contributed by atoms with Gasteiger partial charge in [0.1, 0.15) is 17.5 Å². The molecule has 2 aromatic rings. The zero-order valence-corrected chi connectivity index (χ0v) is 9.95. The highest BCUT2D eigenvalue weighted by Gasteiger charge is 2.04. The number of hydrogen-bond acceptors (Lipinski definition) is 3. The third kappa shape index (κ3) is 3.30. The van der Waals surface area contributed by atoms with E-state index in [0.29, 0.717) is 24.4 Å². The van der Waals surface area contributed by atoms with Crippen LogP contribution >= 0.6 is 0 Å². The molecule has 2 rings (SSSR count). The predicted octanol–water partition coefficient (Wildman–Crippen LogP) is 2.06. The quantitative estimate of drug-likeness (QED) is 0.901. The van der Waals surface area contributed by atoms with Crippen LogP contribution in [0.25, 0.3) is 0 Å². The largest absolute Gasteiger partial charge is 0.314 e. The van der Waals surface area contributed by atoms with E-state index in [-0.39, 0.29) is 0 Å². The molecule has 0 bridgehead atoms. The molecule has 0 amide bonds. The molecule has 94 valence electrons. The van der Waals surface area contributed by atoms with E-state index in [1.54, 1.807) is 12.3 Å². The van der Waals surface area contributed by atoms with E-state index >= 15 is 0 Å². The first-order valence-corrected chi connectivity index (χ1v) is 5.58. The summed E-state index contributed by atoms with van der Waals surface area (Å²) in [5, 5.41) is 2.98. The van der Waals surface area contributed by atoms with E-state index in [0.717, 1.165) is 11.8 Å². The van der Waals surface area contributed by atoms with Crippen LogP contribution in [-0.2, 0) is 13.0 Å². The van der Waals surface area contributed by atoms with Crippen molar-refractivity contribution >= 4 is 0 Å². The standard InChI is InChI=1S/C13H13F2N3/c1-16-8-12-2-3-17-13(18-12)6-9-4-10(14)7-11(15)5-9/h2-5,7,16H,6,8H2,1H3. The Morgan fingerprint density at radius 3 is 2.56 bits per heavy atom. The summed E-state index contributed by atoms with van der Waals surface area (Å²) in [6.45, 7) is 0.632. The lowest BCUT2D eigenvalue weighted by molar-refractivity contribution is 0.580. The van der Waals surface area contributed by atoms with Gasteiger partial charge in [-0.1, -0.05) is 0 Å². The van der Waals surface area contributed by atoms with Crippen molar-refractivity contribution in [2.75, 3.05) is 7.05 Å². The van der Waals surface area contributed by atoms with Crippen LogP contribution in [0.2, 0.25) is 0 Å². The van der Waals surface area contributed by atoms with Crippen LogP contribution in [0.15, 0.2) is 30.5 Å². The first-order chi connectivity index (χ1) is 8.67. The number of nitrogens with zero attached hydrogens (tertiary/aromatic N) is 2.